The molecule has 1 atom stereocenters. The molecule has 2 heterocycles. The first kappa shape index (κ1) is 20.2. The van der Waals surface area contributed by atoms with Crippen molar-refractivity contribution in [1.82, 2.24) is 15.2 Å². The summed E-state index contributed by atoms with van der Waals surface area (Å²) in [6.45, 7) is 4.31. The Labute approximate surface area is 164 Å². The highest BCUT2D eigenvalue weighted by Gasteiger charge is 2.20. The lowest BCUT2D eigenvalue weighted by atomic mass is 9.98. The molecular weight excluding hydrogens is 361 g/mol. The number of piperidine rings is 1. The number of nitrogens with zero attached hydrogens (tertiary/aromatic N) is 2. The largest absolute Gasteiger partial charge is 0.457 e. The highest BCUT2D eigenvalue weighted by Crippen LogP contribution is 2.22. The molecule has 3 rings (SSSR count). The van der Waals surface area contributed by atoms with Gasteiger partial charge in [-0.2, -0.15) is 0 Å². The number of amides is 1. The molecule has 1 aliphatic rings. The fourth-order valence-electron chi connectivity index (χ4n) is 3.31. The van der Waals surface area contributed by atoms with Crippen LogP contribution < -0.4 is 10.1 Å². The number of hydrogen-bond acceptors (Lipinski definition) is 5. The van der Waals surface area contributed by atoms with E-state index in [0.29, 0.717) is 29.7 Å². The van der Waals surface area contributed by atoms with Crippen molar-refractivity contribution >= 4 is 5.91 Å². The second-order valence-corrected chi connectivity index (χ2v) is 6.94. The van der Waals surface area contributed by atoms with Gasteiger partial charge in [0.1, 0.15) is 23.0 Å². The van der Waals surface area contributed by atoms with Gasteiger partial charge in [0.2, 0.25) is 0 Å². The summed E-state index contributed by atoms with van der Waals surface area (Å²) in [5, 5.41) is 2.98. The van der Waals surface area contributed by atoms with Gasteiger partial charge in [0.15, 0.2) is 0 Å². The van der Waals surface area contributed by atoms with Crippen LogP contribution >= 0.6 is 0 Å². The number of likely N-dealkylation sites (tertiary alicyclic amines) is 1. The molecule has 0 radical (unpaired) electrons. The Hall–Kier alpha value is -2.51. The van der Waals surface area contributed by atoms with Gasteiger partial charge in [-0.05, 0) is 55.6 Å². The number of carbonyl (C=O) groups excluding carboxylic acids is 1. The Kier molecular flexibility index (Phi) is 7.33. The minimum Gasteiger partial charge on any atom is -0.457 e. The lowest BCUT2D eigenvalue weighted by molar-refractivity contribution is 0.0908. The molecule has 7 heteroatoms. The maximum atomic E-state index is 13.0. The van der Waals surface area contributed by atoms with Crippen molar-refractivity contribution in [3.05, 3.63) is 54.1 Å². The molecule has 0 spiro atoms. The molecule has 1 fully saturated rings. The second-order valence-electron chi connectivity index (χ2n) is 6.94. The average molecular weight is 387 g/mol. The Bertz CT molecular complexity index is 770. The van der Waals surface area contributed by atoms with E-state index in [0.717, 1.165) is 39.1 Å². The Morgan fingerprint density at radius 2 is 2.11 bits per heavy atom. The second kappa shape index (κ2) is 10.1. The maximum absolute atomic E-state index is 13.0. The number of methoxy groups -OCH3 is 1. The molecule has 2 aromatic rings. The van der Waals surface area contributed by atoms with Crippen LogP contribution in [0.1, 0.15) is 23.3 Å². The molecule has 28 heavy (non-hydrogen) atoms. The van der Waals surface area contributed by atoms with Crippen molar-refractivity contribution in [2.45, 2.75) is 12.8 Å². The molecule has 0 aliphatic carbocycles. The quantitative estimate of drug-likeness (QED) is 0.754. The third kappa shape index (κ3) is 6.00. The van der Waals surface area contributed by atoms with E-state index in [4.69, 9.17) is 9.47 Å². The standard InChI is InChI=1S/C21H26FN3O3/c1-27-12-11-25-10-2-3-16(15-25)14-24-21(26)20-13-19(8-9-23-20)28-18-6-4-17(22)5-7-18/h4-9,13,16H,2-3,10-12,14-15H2,1H3,(H,24,26)/t16-/m1/s1. The minimum absolute atomic E-state index is 0.224. The van der Waals surface area contributed by atoms with Crippen LogP contribution in [-0.2, 0) is 4.74 Å². The highest BCUT2D eigenvalue weighted by atomic mass is 19.1. The van der Waals surface area contributed by atoms with Crippen LogP contribution in [0.2, 0.25) is 0 Å². The van der Waals surface area contributed by atoms with E-state index >= 15 is 0 Å². The van der Waals surface area contributed by atoms with Gasteiger partial charge < -0.3 is 19.7 Å². The number of halogens is 1. The van der Waals surface area contributed by atoms with E-state index in [-0.39, 0.29) is 11.7 Å². The van der Waals surface area contributed by atoms with Crippen molar-refractivity contribution in [1.29, 1.82) is 0 Å². The first-order chi connectivity index (χ1) is 13.6. The molecule has 6 nitrogen and oxygen atoms in total. The summed E-state index contributed by atoms with van der Waals surface area (Å²) >= 11 is 0. The van der Waals surface area contributed by atoms with Crippen molar-refractivity contribution in [2.24, 2.45) is 5.92 Å². The predicted octanol–water partition coefficient (Wildman–Crippen LogP) is 3.10. The summed E-state index contributed by atoms with van der Waals surface area (Å²) in [6, 6.07) is 8.97. The lowest BCUT2D eigenvalue weighted by Crippen LogP contribution is -2.42. The number of nitrogens with one attached hydrogen (secondary N) is 1. The number of ether oxygens (including phenoxy) is 2. The molecule has 1 saturated heterocycles. The summed E-state index contributed by atoms with van der Waals surface area (Å²) < 4.78 is 23.8. The number of pyridine rings is 1. The van der Waals surface area contributed by atoms with Crippen LogP contribution in [0.4, 0.5) is 4.39 Å². The average Bonchev–Trinajstić information content (AvgIpc) is 2.73. The van der Waals surface area contributed by atoms with Crippen LogP contribution in [0.25, 0.3) is 0 Å². The topological polar surface area (TPSA) is 63.7 Å². The van der Waals surface area contributed by atoms with Crippen LogP contribution in [-0.4, -0.2) is 55.7 Å². The van der Waals surface area contributed by atoms with Gasteiger partial charge in [0.25, 0.3) is 5.91 Å². The van der Waals surface area contributed by atoms with Crippen LogP contribution in [0.5, 0.6) is 11.5 Å². The zero-order valence-corrected chi connectivity index (χ0v) is 16.1. The maximum Gasteiger partial charge on any atom is 0.270 e. The molecular formula is C21H26FN3O3. The van der Waals surface area contributed by atoms with E-state index < -0.39 is 0 Å². The molecule has 0 saturated carbocycles. The fourth-order valence-corrected chi connectivity index (χ4v) is 3.31. The fraction of sp³-hybridized carbons (Fsp3) is 0.429. The summed E-state index contributed by atoms with van der Waals surface area (Å²) in [5.74, 6) is 0.852. The summed E-state index contributed by atoms with van der Waals surface area (Å²) in [4.78, 5) is 19.0. The van der Waals surface area contributed by atoms with Gasteiger partial charge in [-0.25, -0.2) is 4.39 Å². The molecule has 0 bridgehead atoms. The molecule has 0 unspecified atom stereocenters. The van der Waals surface area contributed by atoms with Crippen molar-refractivity contribution in [3.8, 4) is 11.5 Å². The van der Waals surface area contributed by atoms with E-state index in [1.807, 2.05) is 0 Å². The first-order valence-electron chi connectivity index (χ1n) is 9.53. The van der Waals surface area contributed by atoms with Gasteiger partial charge in [0, 0.05) is 39.0 Å². The first-order valence-corrected chi connectivity index (χ1v) is 9.53. The number of carbonyl (C=O) groups is 1. The normalized spacial score (nSPS) is 17.3. The van der Waals surface area contributed by atoms with Crippen molar-refractivity contribution in [2.75, 3.05) is 39.9 Å². The predicted molar refractivity (Wildman–Crippen MR) is 104 cm³/mol. The monoisotopic (exact) mass is 387 g/mol. The Morgan fingerprint density at radius 1 is 1.29 bits per heavy atom. The van der Waals surface area contributed by atoms with Crippen LogP contribution in [0.15, 0.2) is 42.6 Å². The number of aromatic nitrogens is 1. The van der Waals surface area contributed by atoms with E-state index in [2.05, 4.69) is 15.2 Å². The molecule has 1 N–H and O–H groups in total. The Morgan fingerprint density at radius 3 is 2.89 bits per heavy atom. The summed E-state index contributed by atoms with van der Waals surface area (Å²) in [7, 11) is 1.71. The van der Waals surface area contributed by atoms with Gasteiger partial charge in [-0.15, -0.1) is 0 Å². The SMILES string of the molecule is COCCN1CCC[C@H](CNC(=O)c2cc(Oc3ccc(F)cc3)ccn2)C1. The molecule has 1 amide bonds. The van der Waals surface area contributed by atoms with E-state index in [1.54, 1.807) is 19.2 Å². The smallest absolute Gasteiger partial charge is 0.270 e. The van der Waals surface area contributed by atoms with Gasteiger partial charge in [-0.1, -0.05) is 0 Å². The molecule has 150 valence electrons. The van der Waals surface area contributed by atoms with Crippen LogP contribution in [0.3, 0.4) is 0 Å². The molecule has 1 aliphatic heterocycles. The number of hydrogen-bond donors (Lipinski definition) is 1. The van der Waals surface area contributed by atoms with Gasteiger partial charge in [-0.3, -0.25) is 9.78 Å². The molecule has 1 aromatic carbocycles. The Balaban J connectivity index is 1.52. The third-order valence-electron chi connectivity index (χ3n) is 4.78. The van der Waals surface area contributed by atoms with Crippen LogP contribution in [0, 0.1) is 11.7 Å². The lowest BCUT2D eigenvalue weighted by Gasteiger charge is -2.32. The van der Waals surface area contributed by atoms with E-state index in [1.165, 1.54) is 30.5 Å². The zero-order valence-electron chi connectivity index (χ0n) is 16.1. The highest BCUT2D eigenvalue weighted by molar-refractivity contribution is 5.92. The third-order valence-corrected chi connectivity index (χ3v) is 4.78. The van der Waals surface area contributed by atoms with Crippen molar-refractivity contribution < 1.29 is 18.7 Å². The van der Waals surface area contributed by atoms with Gasteiger partial charge in [0.05, 0.1) is 6.61 Å². The number of benzene rings is 1. The van der Waals surface area contributed by atoms with Gasteiger partial charge >= 0.3 is 0 Å². The number of rotatable bonds is 8. The minimum atomic E-state index is -0.328. The van der Waals surface area contributed by atoms with Crippen molar-refractivity contribution in [3.63, 3.8) is 0 Å². The molecule has 1 aromatic heterocycles. The van der Waals surface area contributed by atoms with E-state index in [9.17, 15) is 9.18 Å². The summed E-state index contributed by atoms with van der Waals surface area (Å²) in [5.41, 5.74) is 0.298. The zero-order chi connectivity index (χ0) is 19.8. The summed E-state index contributed by atoms with van der Waals surface area (Å²) in [6.07, 6.45) is 3.76.